The summed E-state index contributed by atoms with van der Waals surface area (Å²) in [5.41, 5.74) is 0. The first-order valence-corrected chi connectivity index (χ1v) is 7.88. The molecule has 118 valence electrons. The van der Waals surface area contributed by atoms with Crippen LogP contribution in [0.3, 0.4) is 0 Å². The predicted octanol–water partition coefficient (Wildman–Crippen LogP) is 1.25. The molecule has 0 amide bonds. The summed E-state index contributed by atoms with van der Waals surface area (Å²) < 4.78 is 7.00. The minimum atomic E-state index is -0.0761. The van der Waals surface area contributed by atoms with Crippen molar-refractivity contribution in [3.8, 4) is 0 Å². The van der Waals surface area contributed by atoms with Crippen molar-refractivity contribution in [2.45, 2.75) is 52.6 Å². The van der Waals surface area contributed by atoms with Crippen LogP contribution in [0.4, 0.5) is 0 Å². The lowest BCUT2D eigenvalue weighted by molar-refractivity contribution is -0.150. The van der Waals surface area contributed by atoms with E-state index >= 15 is 0 Å². The van der Waals surface area contributed by atoms with Crippen molar-refractivity contribution in [2.75, 3.05) is 19.7 Å². The van der Waals surface area contributed by atoms with Crippen LogP contribution in [0.2, 0.25) is 0 Å². The fraction of sp³-hybridized carbons (Fsp3) is 0.857. The van der Waals surface area contributed by atoms with Crippen molar-refractivity contribution in [3.63, 3.8) is 0 Å². The van der Waals surface area contributed by atoms with E-state index in [1.807, 2.05) is 11.6 Å². The second-order valence-electron chi connectivity index (χ2n) is 5.50. The molecule has 1 atom stereocenters. The molecule has 2 heterocycles. The van der Waals surface area contributed by atoms with E-state index in [1.165, 1.54) is 0 Å². The highest BCUT2D eigenvalue weighted by Gasteiger charge is 2.27. The van der Waals surface area contributed by atoms with Gasteiger partial charge >= 0.3 is 5.97 Å². The van der Waals surface area contributed by atoms with E-state index in [9.17, 15) is 4.79 Å². The summed E-state index contributed by atoms with van der Waals surface area (Å²) in [6, 6.07) is 0. The molecule has 1 fully saturated rings. The van der Waals surface area contributed by atoms with Gasteiger partial charge in [0, 0.05) is 13.1 Å². The number of unbranched alkanes of at least 4 members (excludes halogenated alkanes) is 1. The molecule has 1 aliphatic rings. The van der Waals surface area contributed by atoms with E-state index in [2.05, 4.69) is 27.3 Å². The second-order valence-corrected chi connectivity index (χ2v) is 5.50. The standard InChI is InChI=1S/C14H25N5O2/c1-3-5-9-19-13(15-16-17-19)11-18-8-6-7-12(10-18)14(20)21-4-2/h12H,3-11H2,1-2H3/t12-/m1/s1. The topological polar surface area (TPSA) is 73.1 Å². The SMILES string of the molecule is CCCCn1nnnc1CN1CCC[C@@H](C(=O)OCC)C1. The number of carbonyl (C=O) groups excluding carboxylic acids is 1. The van der Waals surface area contributed by atoms with Crippen LogP contribution in [0.5, 0.6) is 0 Å². The lowest BCUT2D eigenvalue weighted by Gasteiger charge is -2.30. The first-order chi connectivity index (χ1) is 10.2. The predicted molar refractivity (Wildman–Crippen MR) is 77.4 cm³/mol. The van der Waals surface area contributed by atoms with E-state index in [4.69, 9.17) is 4.74 Å². The van der Waals surface area contributed by atoms with Gasteiger partial charge in [0.05, 0.1) is 19.1 Å². The normalized spacial score (nSPS) is 19.6. The number of hydrogen-bond donors (Lipinski definition) is 0. The molecule has 0 radical (unpaired) electrons. The number of carbonyl (C=O) groups is 1. The van der Waals surface area contributed by atoms with Gasteiger partial charge in [-0.1, -0.05) is 13.3 Å². The Hall–Kier alpha value is -1.50. The summed E-state index contributed by atoms with van der Waals surface area (Å²) in [5, 5.41) is 11.9. The summed E-state index contributed by atoms with van der Waals surface area (Å²) in [6.45, 7) is 7.72. The molecule has 1 aromatic rings. The zero-order valence-corrected chi connectivity index (χ0v) is 13.0. The Bertz CT molecular complexity index is 448. The number of nitrogens with zero attached hydrogens (tertiary/aromatic N) is 5. The molecule has 0 unspecified atom stereocenters. The molecule has 0 saturated carbocycles. The molecule has 1 saturated heterocycles. The van der Waals surface area contributed by atoms with Gasteiger partial charge in [-0.25, -0.2) is 4.68 Å². The fourth-order valence-electron chi connectivity index (χ4n) is 2.67. The third-order valence-corrected chi connectivity index (χ3v) is 3.82. The molecule has 0 N–H and O–H groups in total. The molecular formula is C14H25N5O2. The number of tetrazole rings is 1. The van der Waals surface area contributed by atoms with Gasteiger partial charge in [-0.05, 0) is 43.2 Å². The third kappa shape index (κ3) is 4.49. The number of aryl methyl sites for hydroxylation is 1. The Labute approximate surface area is 125 Å². The molecule has 0 bridgehead atoms. The highest BCUT2D eigenvalue weighted by atomic mass is 16.5. The maximum absolute atomic E-state index is 11.9. The lowest BCUT2D eigenvalue weighted by atomic mass is 9.98. The monoisotopic (exact) mass is 295 g/mol. The summed E-state index contributed by atoms with van der Waals surface area (Å²) in [7, 11) is 0. The zero-order valence-electron chi connectivity index (χ0n) is 13.0. The van der Waals surface area contributed by atoms with E-state index in [-0.39, 0.29) is 11.9 Å². The summed E-state index contributed by atoms with van der Waals surface area (Å²) >= 11 is 0. The average Bonchev–Trinajstić information content (AvgIpc) is 2.93. The number of piperidine rings is 1. The van der Waals surface area contributed by atoms with Crippen molar-refractivity contribution in [1.29, 1.82) is 0 Å². The van der Waals surface area contributed by atoms with Gasteiger partial charge in [0.2, 0.25) is 0 Å². The van der Waals surface area contributed by atoms with Gasteiger partial charge in [0.15, 0.2) is 5.82 Å². The van der Waals surface area contributed by atoms with Crippen molar-refractivity contribution in [3.05, 3.63) is 5.82 Å². The van der Waals surface area contributed by atoms with Gasteiger partial charge in [0.25, 0.3) is 0 Å². The van der Waals surface area contributed by atoms with Crippen LogP contribution in [-0.4, -0.2) is 50.8 Å². The molecule has 1 aliphatic heterocycles. The molecule has 7 nitrogen and oxygen atoms in total. The minimum absolute atomic E-state index is 0.0151. The van der Waals surface area contributed by atoms with Gasteiger partial charge in [-0.15, -0.1) is 5.10 Å². The van der Waals surface area contributed by atoms with Crippen LogP contribution in [0, 0.1) is 5.92 Å². The van der Waals surface area contributed by atoms with Crippen LogP contribution in [-0.2, 0) is 22.6 Å². The summed E-state index contributed by atoms with van der Waals surface area (Å²) in [6.07, 6.45) is 4.12. The smallest absolute Gasteiger partial charge is 0.310 e. The highest BCUT2D eigenvalue weighted by Crippen LogP contribution is 2.19. The third-order valence-electron chi connectivity index (χ3n) is 3.82. The number of aromatic nitrogens is 4. The van der Waals surface area contributed by atoms with E-state index in [0.29, 0.717) is 13.2 Å². The van der Waals surface area contributed by atoms with Crippen LogP contribution < -0.4 is 0 Å². The van der Waals surface area contributed by atoms with Gasteiger partial charge in [-0.2, -0.15) is 0 Å². The summed E-state index contributed by atoms with van der Waals surface area (Å²) in [5.74, 6) is 0.791. The molecule has 0 aliphatic carbocycles. The molecule has 0 aromatic carbocycles. The van der Waals surface area contributed by atoms with Crippen molar-refractivity contribution in [1.82, 2.24) is 25.1 Å². The quantitative estimate of drug-likeness (QED) is 0.705. The maximum atomic E-state index is 11.9. The van der Waals surface area contributed by atoms with E-state index in [0.717, 1.165) is 51.1 Å². The number of esters is 1. The van der Waals surface area contributed by atoms with Crippen molar-refractivity contribution >= 4 is 5.97 Å². The van der Waals surface area contributed by atoms with Crippen molar-refractivity contribution < 1.29 is 9.53 Å². The van der Waals surface area contributed by atoms with E-state index in [1.54, 1.807) is 0 Å². The maximum Gasteiger partial charge on any atom is 0.310 e. The number of ether oxygens (including phenoxy) is 1. The second kappa shape index (κ2) is 8.07. The lowest BCUT2D eigenvalue weighted by Crippen LogP contribution is -2.39. The average molecular weight is 295 g/mol. The van der Waals surface area contributed by atoms with E-state index < -0.39 is 0 Å². The number of likely N-dealkylation sites (tertiary alicyclic amines) is 1. The number of hydrogen-bond acceptors (Lipinski definition) is 6. The Kier molecular flexibility index (Phi) is 6.10. The number of rotatable bonds is 7. The van der Waals surface area contributed by atoms with Crippen LogP contribution >= 0.6 is 0 Å². The molecule has 0 spiro atoms. The van der Waals surface area contributed by atoms with Crippen LogP contribution in [0.15, 0.2) is 0 Å². The largest absolute Gasteiger partial charge is 0.466 e. The summed E-state index contributed by atoms with van der Waals surface area (Å²) in [4.78, 5) is 14.1. The molecule has 2 rings (SSSR count). The van der Waals surface area contributed by atoms with Gasteiger partial charge < -0.3 is 4.74 Å². The molecule has 1 aromatic heterocycles. The minimum Gasteiger partial charge on any atom is -0.466 e. The molecule has 21 heavy (non-hydrogen) atoms. The zero-order chi connectivity index (χ0) is 15.1. The van der Waals surface area contributed by atoms with Gasteiger partial charge in [0.1, 0.15) is 0 Å². The van der Waals surface area contributed by atoms with Crippen LogP contribution in [0.1, 0.15) is 45.4 Å². The molecule has 7 heteroatoms. The Balaban J connectivity index is 1.90. The molecular weight excluding hydrogens is 270 g/mol. The van der Waals surface area contributed by atoms with Crippen molar-refractivity contribution in [2.24, 2.45) is 5.92 Å². The van der Waals surface area contributed by atoms with Gasteiger partial charge in [-0.3, -0.25) is 9.69 Å². The Morgan fingerprint density at radius 2 is 2.29 bits per heavy atom. The van der Waals surface area contributed by atoms with Crippen LogP contribution in [0.25, 0.3) is 0 Å². The Morgan fingerprint density at radius 1 is 1.43 bits per heavy atom. The Morgan fingerprint density at radius 3 is 3.05 bits per heavy atom. The first-order valence-electron chi connectivity index (χ1n) is 7.88. The highest BCUT2D eigenvalue weighted by molar-refractivity contribution is 5.72. The fourth-order valence-corrected chi connectivity index (χ4v) is 2.67. The first kappa shape index (κ1) is 15.9.